The number of carbonyl (C=O) groups is 1. The van der Waals surface area contributed by atoms with E-state index in [1.807, 2.05) is 24.6 Å². The number of nitrogens with zero attached hydrogens (tertiary/aromatic N) is 2. The van der Waals surface area contributed by atoms with Gasteiger partial charge in [0.05, 0.1) is 12.1 Å². The fraction of sp³-hybridized carbons (Fsp3) is 0.333. The Morgan fingerprint density at radius 2 is 2.05 bits per heavy atom. The van der Waals surface area contributed by atoms with Crippen LogP contribution in [0, 0.1) is 19.7 Å². The lowest BCUT2D eigenvalue weighted by atomic mass is 10.0. The summed E-state index contributed by atoms with van der Waals surface area (Å²) in [6.07, 6.45) is 0.293. The van der Waals surface area contributed by atoms with E-state index in [2.05, 4.69) is 5.10 Å². The summed E-state index contributed by atoms with van der Waals surface area (Å²) in [4.78, 5) is 12.3. The average molecular weight is 260 g/mol. The molecule has 100 valence electrons. The van der Waals surface area contributed by atoms with Crippen LogP contribution in [-0.2, 0) is 13.0 Å². The maximum atomic E-state index is 13.0. The quantitative estimate of drug-likeness (QED) is 0.792. The molecule has 0 bridgehead atoms. The van der Waals surface area contributed by atoms with E-state index >= 15 is 0 Å². The number of aromatic nitrogens is 2. The van der Waals surface area contributed by atoms with Crippen LogP contribution in [0.5, 0.6) is 0 Å². The van der Waals surface area contributed by atoms with Crippen LogP contribution in [-0.4, -0.2) is 15.6 Å². The van der Waals surface area contributed by atoms with Crippen molar-refractivity contribution in [1.29, 1.82) is 0 Å². The number of halogens is 1. The maximum Gasteiger partial charge on any atom is 0.169 e. The molecular formula is C15H17FN2O. The van der Waals surface area contributed by atoms with Gasteiger partial charge in [0.1, 0.15) is 5.82 Å². The van der Waals surface area contributed by atoms with E-state index in [-0.39, 0.29) is 11.6 Å². The zero-order chi connectivity index (χ0) is 14.0. The Kier molecular flexibility index (Phi) is 3.79. The summed E-state index contributed by atoms with van der Waals surface area (Å²) in [7, 11) is 0. The Morgan fingerprint density at radius 1 is 1.32 bits per heavy atom. The summed E-state index contributed by atoms with van der Waals surface area (Å²) >= 11 is 0. The van der Waals surface area contributed by atoms with Crippen molar-refractivity contribution in [3.8, 4) is 0 Å². The van der Waals surface area contributed by atoms with Crippen molar-refractivity contribution < 1.29 is 9.18 Å². The molecular weight excluding hydrogens is 243 g/mol. The normalized spacial score (nSPS) is 10.7. The van der Waals surface area contributed by atoms with Crippen molar-refractivity contribution >= 4 is 5.78 Å². The third-order valence-electron chi connectivity index (χ3n) is 3.12. The minimum atomic E-state index is -0.316. The molecule has 0 amide bonds. The molecule has 19 heavy (non-hydrogen) atoms. The molecule has 0 aliphatic heterocycles. The van der Waals surface area contributed by atoms with Gasteiger partial charge in [-0.1, -0.05) is 0 Å². The third-order valence-corrected chi connectivity index (χ3v) is 3.12. The molecule has 0 aliphatic carbocycles. The van der Waals surface area contributed by atoms with Crippen molar-refractivity contribution in [2.24, 2.45) is 0 Å². The number of hydrogen-bond donors (Lipinski definition) is 0. The maximum absolute atomic E-state index is 13.0. The van der Waals surface area contributed by atoms with Gasteiger partial charge in [0.2, 0.25) is 0 Å². The highest BCUT2D eigenvalue weighted by Crippen LogP contribution is 2.14. The van der Waals surface area contributed by atoms with E-state index in [1.54, 1.807) is 13.0 Å². The molecule has 0 saturated carbocycles. The fourth-order valence-corrected chi connectivity index (χ4v) is 2.21. The zero-order valence-electron chi connectivity index (χ0n) is 11.4. The summed E-state index contributed by atoms with van der Waals surface area (Å²) < 4.78 is 14.9. The van der Waals surface area contributed by atoms with E-state index in [9.17, 15) is 9.18 Å². The highest BCUT2D eigenvalue weighted by Gasteiger charge is 2.13. The van der Waals surface area contributed by atoms with Gasteiger partial charge in [-0.05, 0) is 50.6 Å². The second-order valence-electron chi connectivity index (χ2n) is 4.65. The summed E-state index contributed by atoms with van der Waals surface area (Å²) in [5.41, 5.74) is 3.04. The van der Waals surface area contributed by atoms with Gasteiger partial charge in [0.25, 0.3) is 0 Å². The van der Waals surface area contributed by atoms with Gasteiger partial charge in [0, 0.05) is 17.8 Å². The number of carbonyl (C=O) groups excluding carboxylic acids is 1. The molecule has 2 rings (SSSR count). The van der Waals surface area contributed by atoms with Gasteiger partial charge in [-0.3, -0.25) is 9.48 Å². The molecule has 0 aliphatic rings. The first kappa shape index (κ1) is 13.5. The smallest absolute Gasteiger partial charge is 0.169 e. The van der Waals surface area contributed by atoms with Crippen LogP contribution in [0.15, 0.2) is 24.3 Å². The van der Waals surface area contributed by atoms with Crippen LogP contribution < -0.4 is 0 Å². The van der Waals surface area contributed by atoms with Crippen molar-refractivity contribution in [3.05, 3.63) is 52.6 Å². The molecule has 0 N–H and O–H groups in total. The van der Waals surface area contributed by atoms with Crippen LogP contribution in [0.2, 0.25) is 0 Å². The largest absolute Gasteiger partial charge is 0.294 e. The van der Waals surface area contributed by atoms with E-state index in [0.717, 1.165) is 17.9 Å². The Bertz CT molecular complexity index is 617. The lowest BCUT2D eigenvalue weighted by Gasteiger charge is -2.06. The van der Waals surface area contributed by atoms with Gasteiger partial charge in [0.15, 0.2) is 5.78 Å². The van der Waals surface area contributed by atoms with Crippen molar-refractivity contribution in [2.75, 3.05) is 0 Å². The molecule has 0 radical (unpaired) electrons. The predicted octanol–water partition coefficient (Wildman–Crippen LogP) is 3.08. The lowest BCUT2D eigenvalue weighted by Crippen LogP contribution is -2.11. The summed E-state index contributed by atoms with van der Waals surface area (Å²) in [6, 6.07) is 6.17. The number of rotatable bonds is 4. The third kappa shape index (κ3) is 2.89. The molecule has 0 fully saturated rings. The van der Waals surface area contributed by atoms with Gasteiger partial charge >= 0.3 is 0 Å². The first-order chi connectivity index (χ1) is 9.01. The summed E-state index contributed by atoms with van der Waals surface area (Å²) in [5, 5.41) is 4.32. The first-order valence-corrected chi connectivity index (χ1v) is 6.34. The minimum Gasteiger partial charge on any atom is -0.294 e. The highest BCUT2D eigenvalue weighted by molar-refractivity contribution is 5.98. The lowest BCUT2D eigenvalue weighted by molar-refractivity contribution is 0.0990. The zero-order valence-corrected chi connectivity index (χ0v) is 11.4. The Labute approximate surface area is 112 Å². The van der Waals surface area contributed by atoms with Gasteiger partial charge in [-0.25, -0.2) is 4.39 Å². The van der Waals surface area contributed by atoms with Crippen molar-refractivity contribution in [3.63, 3.8) is 0 Å². The first-order valence-electron chi connectivity index (χ1n) is 6.34. The predicted molar refractivity (Wildman–Crippen MR) is 71.8 cm³/mol. The Morgan fingerprint density at radius 3 is 2.68 bits per heavy atom. The summed E-state index contributed by atoms with van der Waals surface area (Å²) in [6.45, 7) is 6.38. The molecule has 2 aromatic rings. The molecule has 0 spiro atoms. The van der Waals surface area contributed by atoms with Crippen LogP contribution in [0.1, 0.15) is 34.2 Å². The molecule has 1 aromatic heterocycles. The second kappa shape index (κ2) is 5.34. The van der Waals surface area contributed by atoms with Gasteiger partial charge in [-0.2, -0.15) is 5.10 Å². The number of benzene rings is 1. The van der Waals surface area contributed by atoms with Crippen LogP contribution in [0.25, 0.3) is 0 Å². The van der Waals surface area contributed by atoms with E-state index in [0.29, 0.717) is 17.5 Å². The minimum absolute atomic E-state index is 0.00731. The molecule has 4 heteroatoms. The van der Waals surface area contributed by atoms with E-state index in [4.69, 9.17) is 0 Å². The van der Waals surface area contributed by atoms with E-state index in [1.165, 1.54) is 12.1 Å². The van der Waals surface area contributed by atoms with Gasteiger partial charge in [-0.15, -0.1) is 0 Å². The van der Waals surface area contributed by atoms with Gasteiger partial charge < -0.3 is 0 Å². The number of Topliss-reactive ketones (excluding diaryl/α,β-unsaturated/α-hetero) is 1. The molecule has 1 aromatic carbocycles. The standard InChI is InChI=1S/C15H17FN2O/c1-4-18-13(8-11(3)17-18)9-15(19)14-6-5-12(16)7-10(14)2/h5-8H,4,9H2,1-3H3. The van der Waals surface area contributed by atoms with Crippen LogP contribution >= 0.6 is 0 Å². The molecule has 0 unspecified atom stereocenters. The Balaban J connectivity index is 2.25. The number of ketones is 1. The molecule has 3 nitrogen and oxygen atoms in total. The van der Waals surface area contributed by atoms with E-state index < -0.39 is 0 Å². The number of hydrogen-bond acceptors (Lipinski definition) is 2. The van der Waals surface area contributed by atoms with Crippen molar-refractivity contribution in [1.82, 2.24) is 9.78 Å². The topological polar surface area (TPSA) is 34.9 Å². The van der Waals surface area contributed by atoms with Crippen molar-refractivity contribution in [2.45, 2.75) is 33.7 Å². The molecule has 0 saturated heterocycles. The van der Waals surface area contributed by atoms with Crippen LogP contribution in [0.4, 0.5) is 4.39 Å². The second-order valence-corrected chi connectivity index (χ2v) is 4.65. The Hall–Kier alpha value is -1.97. The SMILES string of the molecule is CCn1nc(C)cc1CC(=O)c1ccc(F)cc1C. The molecule has 1 heterocycles. The van der Waals surface area contributed by atoms with Crippen LogP contribution in [0.3, 0.4) is 0 Å². The number of aryl methyl sites for hydroxylation is 3. The highest BCUT2D eigenvalue weighted by atomic mass is 19.1. The molecule has 0 atom stereocenters. The monoisotopic (exact) mass is 260 g/mol. The fourth-order valence-electron chi connectivity index (χ4n) is 2.21. The summed E-state index contributed by atoms with van der Waals surface area (Å²) in [5.74, 6) is -0.324. The average Bonchev–Trinajstić information content (AvgIpc) is 2.69.